The van der Waals surface area contributed by atoms with E-state index in [1.165, 1.54) is 32.1 Å². The average molecular weight is 207 g/mol. The van der Waals surface area contributed by atoms with E-state index < -0.39 is 0 Å². The number of anilines is 1. The van der Waals surface area contributed by atoms with Crippen molar-refractivity contribution in [2.45, 2.75) is 52.0 Å². The Hall–Kier alpha value is -0.990. The van der Waals surface area contributed by atoms with Gasteiger partial charge in [-0.1, -0.05) is 26.2 Å². The van der Waals surface area contributed by atoms with Crippen LogP contribution in [-0.4, -0.2) is 16.0 Å². The Morgan fingerprint density at radius 3 is 2.93 bits per heavy atom. The highest BCUT2D eigenvalue weighted by molar-refractivity contribution is 5.28. The van der Waals surface area contributed by atoms with E-state index in [2.05, 4.69) is 22.2 Å². The third-order valence-electron chi connectivity index (χ3n) is 3.46. The fourth-order valence-electron chi connectivity index (χ4n) is 2.55. The highest BCUT2D eigenvalue weighted by Crippen LogP contribution is 2.28. The number of rotatable bonds is 3. The lowest BCUT2D eigenvalue weighted by Gasteiger charge is -2.31. The topological polar surface area (TPSA) is 40.7 Å². The standard InChI is InChI=1S/C12H21N3/c1-3-10-6-4-5-7-11(10)15-12-13-8-9(2)14-12/h8,10-11H,3-7H2,1-2H3,(H2,13,14,15). The number of aromatic nitrogens is 2. The Bertz CT molecular complexity index is 306. The van der Waals surface area contributed by atoms with Crippen molar-refractivity contribution in [2.24, 2.45) is 5.92 Å². The number of nitrogens with zero attached hydrogens (tertiary/aromatic N) is 1. The van der Waals surface area contributed by atoms with E-state index in [-0.39, 0.29) is 0 Å². The van der Waals surface area contributed by atoms with Gasteiger partial charge in [-0.05, 0) is 25.7 Å². The van der Waals surface area contributed by atoms with Crippen LogP contribution in [0.25, 0.3) is 0 Å². The molecule has 0 spiro atoms. The van der Waals surface area contributed by atoms with Gasteiger partial charge in [-0.3, -0.25) is 0 Å². The molecule has 1 heterocycles. The number of imidazole rings is 1. The molecule has 1 aliphatic carbocycles. The zero-order valence-corrected chi connectivity index (χ0v) is 9.71. The predicted octanol–water partition coefficient (Wildman–Crippen LogP) is 3.10. The van der Waals surface area contributed by atoms with Gasteiger partial charge in [-0.15, -0.1) is 0 Å². The maximum atomic E-state index is 4.31. The quantitative estimate of drug-likeness (QED) is 0.799. The number of H-pyrrole nitrogens is 1. The number of hydrogen-bond acceptors (Lipinski definition) is 2. The highest BCUT2D eigenvalue weighted by atomic mass is 15.1. The van der Waals surface area contributed by atoms with Crippen molar-refractivity contribution in [3.63, 3.8) is 0 Å². The summed E-state index contributed by atoms with van der Waals surface area (Å²) in [7, 11) is 0. The fraction of sp³-hybridized carbons (Fsp3) is 0.750. The Labute approximate surface area is 91.7 Å². The molecule has 2 N–H and O–H groups in total. The molecule has 15 heavy (non-hydrogen) atoms. The van der Waals surface area contributed by atoms with Gasteiger partial charge in [0.25, 0.3) is 0 Å². The lowest BCUT2D eigenvalue weighted by atomic mass is 9.83. The second-order valence-corrected chi connectivity index (χ2v) is 4.62. The van der Waals surface area contributed by atoms with Crippen LogP contribution in [0.5, 0.6) is 0 Å². The number of hydrogen-bond donors (Lipinski definition) is 2. The molecule has 0 aliphatic heterocycles. The van der Waals surface area contributed by atoms with Gasteiger partial charge in [0.15, 0.2) is 0 Å². The summed E-state index contributed by atoms with van der Waals surface area (Å²) in [6.07, 6.45) is 8.57. The average Bonchev–Trinajstić information content (AvgIpc) is 2.65. The van der Waals surface area contributed by atoms with Crippen molar-refractivity contribution in [1.29, 1.82) is 0 Å². The minimum atomic E-state index is 0.620. The highest BCUT2D eigenvalue weighted by Gasteiger charge is 2.23. The lowest BCUT2D eigenvalue weighted by Crippen LogP contribution is -2.32. The van der Waals surface area contributed by atoms with E-state index in [0.717, 1.165) is 17.6 Å². The van der Waals surface area contributed by atoms with Crippen molar-refractivity contribution < 1.29 is 0 Å². The largest absolute Gasteiger partial charge is 0.353 e. The Morgan fingerprint density at radius 2 is 2.27 bits per heavy atom. The summed E-state index contributed by atoms with van der Waals surface area (Å²) >= 11 is 0. The van der Waals surface area contributed by atoms with Crippen LogP contribution in [0.15, 0.2) is 6.20 Å². The summed E-state index contributed by atoms with van der Waals surface area (Å²) in [5, 5.41) is 3.54. The monoisotopic (exact) mass is 207 g/mol. The lowest BCUT2D eigenvalue weighted by molar-refractivity contribution is 0.316. The second kappa shape index (κ2) is 4.69. The summed E-state index contributed by atoms with van der Waals surface area (Å²) < 4.78 is 0. The van der Waals surface area contributed by atoms with Crippen LogP contribution in [0.3, 0.4) is 0 Å². The van der Waals surface area contributed by atoms with E-state index >= 15 is 0 Å². The van der Waals surface area contributed by atoms with E-state index in [1.807, 2.05) is 13.1 Å². The molecule has 2 unspecified atom stereocenters. The van der Waals surface area contributed by atoms with Gasteiger partial charge in [0.2, 0.25) is 5.95 Å². The smallest absolute Gasteiger partial charge is 0.200 e. The van der Waals surface area contributed by atoms with E-state index in [4.69, 9.17) is 0 Å². The van der Waals surface area contributed by atoms with Crippen molar-refractivity contribution in [3.05, 3.63) is 11.9 Å². The van der Waals surface area contributed by atoms with E-state index in [9.17, 15) is 0 Å². The predicted molar refractivity (Wildman–Crippen MR) is 63.0 cm³/mol. The molecule has 0 radical (unpaired) electrons. The van der Waals surface area contributed by atoms with Crippen LogP contribution in [0.4, 0.5) is 5.95 Å². The van der Waals surface area contributed by atoms with E-state index in [1.54, 1.807) is 0 Å². The molecular weight excluding hydrogens is 186 g/mol. The minimum absolute atomic E-state index is 0.620. The van der Waals surface area contributed by atoms with Crippen LogP contribution in [0.2, 0.25) is 0 Å². The summed E-state index contributed by atoms with van der Waals surface area (Å²) in [4.78, 5) is 7.56. The fourth-order valence-corrected chi connectivity index (χ4v) is 2.55. The molecule has 1 saturated carbocycles. The SMILES string of the molecule is CCC1CCCCC1Nc1ncc(C)[nH]1. The summed E-state index contributed by atoms with van der Waals surface area (Å²) in [6.45, 7) is 4.33. The second-order valence-electron chi connectivity index (χ2n) is 4.62. The van der Waals surface area contributed by atoms with Gasteiger partial charge >= 0.3 is 0 Å². The van der Waals surface area contributed by atoms with Crippen molar-refractivity contribution >= 4 is 5.95 Å². The van der Waals surface area contributed by atoms with Gasteiger partial charge in [0, 0.05) is 17.9 Å². The molecule has 1 aromatic rings. The molecule has 1 aliphatic rings. The van der Waals surface area contributed by atoms with Gasteiger partial charge in [-0.2, -0.15) is 0 Å². The molecular formula is C12H21N3. The zero-order chi connectivity index (χ0) is 10.7. The maximum Gasteiger partial charge on any atom is 0.200 e. The van der Waals surface area contributed by atoms with Crippen LogP contribution in [0.1, 0.15) is 44.7 Å². The molecule has 1 aromatic heterocycles. The third kappa shape index (κ3) is 2.52. The number of aryl methyl sites for hydroxylation is 1. The first kappa shape index (κ1) is 10.5. The van der Waals surface area contributed by atoms with Gasteiger partial charge in [0.05, 0.1) is 0 Å². The van der Waals surface area contributed by atoms with Gasteiger partial charge in [-0.25, -0.2) is 4.98 Å². The Kier molecular flexibility index (Phi) is 3.29. The number of nitrogens with one attached hydrogen (secondary N) is 2. The first-order chi connectivity index (χ1) is 7.29. The van der Waals surface area contributed by atoms with Crippen LogP contribution < -0.4 is 5.32 Å². The summed E-state index contributed by atoms with van der Waals surface area (Å²) in [5.74, 6) is 1.77. The first-order valence-electron chi connectivity index (χ1n) is 6.07. The van der Waals surface area contributed by atoms with Crippen molar-refractivity contribution in [2.75, 3.05) is 5.32 Å². The molecule has 84 valence electrons. The minimum Gasteiger partial charge on any atom is -0.353 e. The van der Waals surface area contributed by atoms with Gasteiger partial charge in [0.1, 0.15) is 0 Å². The van der Waals surface area contributed by atoms with E-state index in [0.29, 0.717) is 6.04 Å². The van der Waals surface area contributed by atoms with Gasteiger partial charge < -0.3 is 10.3 Å². The maximum absolute atomic E-state index is 4.31. The third-order valence-corrected chi connectivity index (χ3v) is 3.46. The molecule has 0 saturated heterocycles. The van der Waals surface area contributed by atoms with Crippen molar-refractivity contribution in [3.8, 4) is 0 Å². The van der Waals surface area contributed by atoms with Crippen LogP contribution in [0, 0.1) is 12.8 Å². The Balaban J connectivity index is 1.97. The molecule has 1 fully saturated rings. The molecule has 2 rings (SSSR count). The molecule has 3 heteroatoms. The molecule has 0 aromatic carbocycles. The van der Waals surface area contributed by atoms with Crippen LogP contribution in [-0.2, 0) is 0 Å². The molecule has 0 bridgehead atoms. The summed E-state index contributed by atoms with van der Waals surface area (Å²) in [5.41, 5.74) is 1.13. The van der Waals surface area contributed by atoms with Crippen LogP contribution >= 0.6 is 0 Å². The number of aromatic amines is 1. The zero-order valence-electron chi connectivity index (χ0n) is 9.71. The summed E-state index contributed by atoms with van der Waals surface area (Å²) in [6, 6.07) is 0.620. The molecule has 3 nitrogen and oxygen atoms in total. The first-order valence-corrected chi connectivity index (χ1v) is 6.07. The Morgan fingerprint density at radius 1 is 1.47 bits per heavy atom. The normalized spacial score (nSPS) is 26.5. The molecule has 2 atom stereocenters. The molecule has 0 amide bonds. The van der Waals surface area contributed by atoms with Crippen molar-refractivity contribution in [1.82, 2.24) is 9.97 Å².